The summed E-state index contributed by atoms with van der Waals surface area (Å²) in [6, 6.07) is 5.75. The van der Waals surface area contributed by atoms with Gasteiger partial charge in [-0.25, -0.2) is 4.98 Å². The number of ether oxygens (including phenoxy) is 1. The molecule has 1 aliphatic heterocycles. The maximum atomic E-state index is 12.3. The maximum Gasteiger partial charge on any atom is 0.253 e. The van der Waals surface area contributed by atoms with E-state index in [1.807, 2.05) is 18.2 Å². The standard InChI is InChI=1S/C21H24N4O2/c1-27-13-11-22-14-15-4-2-5-16(9-8-15)20-24-18-7-3-6-17-19(18)25(20)12-10-23-21(17)26/h2-4,6-9,22H,5,10-14H2,1H3,(H,23,26). The first-order valence-electron chi connectivity index (χ1n) is 9.31. The largest absolute Gasteiger partial charge is 0.383 e. The van der Waals surface area contributed by atoms with Gasteiger partial charge in [-0.2, -0.15) is 0 Å². The lowest BCUT2D eigenvalue weighted by molar-refractivity contribution is 0.0956. The third-order valence-electron chi connectivity index (χ3n) is 4.90. The van der Waals surface area contributed by atoms with E-state index in [1.54, 1.807) is 7.11 Å². The molecule has 2 N–H and O–H groups in total. The monoisotopic (exact) mass is 364 g/mol. The number of imidazole rings is 1. The summed E-state index contributed by atoms with van der Waals surface area (Å²) in [5, 5.41) is 6.34. The van der Waals surface area contributed by atoms with Crippen molar-refractivity contribution in [2.24, 2.45) is 0 Å². The third kappa shape index (κ3) is 3.59. The van der Waals surface area contributed by atoms with Crippen LogP contribution in [0.4, 0.5) is 0 Å². The second-order valence-corrected chi connectivity index (χ2v) is 6.73. The molecule has 0 saturated heterocycles. The number of aromatic nitrogens is 2. The number of benzene rings is 1. The van der Waals surface area contributed by atoms with E-state index in [0.717, 1.165) is 48.5 Å². The summed E-state index contributed by atoms with van der Waals surface area (Å²) in [6.07, 6.45) is 9.45. The fraction of sp³-hybridized carbons (Fsp3) is 0.333. The maximum absolute atomic E-state index is 12.3. The molecule has 0 saturated carbocycles. The highest BCUT2D eigenvalue weighted by molar-refractivity contribution is 6.06. The first-order chi connectivity index (χ1) is 13.3. The molecule has 2 aromatic rings. The molecule has 6 nitrogen and oxygen atoms in total. The van der Waals surface area contributed by atoms with Crippen LogP contribution in [0.2, 0.25) is 0 Å². The molecule has 2 heterocycles. The van der Waals surface area contributed by atoms with Crippen molar-refractivity contribution in [3.63, 3.8) is 0 Å². The molecule has 0 spiro atoms. The van der Waals surface area contributed by atoms with E-state index in [1.165, 1.54) is 5.57 Å². The average Bonchev–Trinajstić information content (AvgIpc) is 2.82. The van der Waals surface area contributed by atoms with Crippen LogP contribution in [-0.2, 0) is 11.3 Å². The first-order valence-corrected chi connectivity index (χ1v) is 9.31. The minimum Gasteiger partial charge on any atom is -0.383 e. The molecule has 1 aromatic carbocycles. The Balaban J connectivity index is 1.66. The van der Waals surface area contributed by atoms with Crippen LogP contribution in [0.1, 0.15) is 22.6 Å². The van der Waals surface area contributed by atoms with Crippen molar-refractivity contribution in [3.05, 3.63) is 59.5 Å². The normalized spacial score (nSPS) is 16.6. The topological polar surface area (TPSA) is 68.2 Å². The Bertz CT molecular complexity index is 952. The minimum absolute atomic E-state index is 0.0233. The van der Waals surface area contributed by atoms with Crippen molar-refractivity contribution >= 4 is 22.5 Å². The van der Waals surface area contributed by atoms with Crippen molar-refractivity contribution in [2.45, 2.75) is 13.0 Å². The molecule has 27 heavy (non-hydrogen) atoms. The summed E-state index contributed by atoms with van der Waals surface area (Å²) in [5.74, 6) is 0.924. The molecule has 1 aliphatic carbocycles. The Morgan fingerprint density at radius 1 is 1.33 bits per heavy atom. The van der Waals surface area contributed by atoms with Gasteiger partial charge in [0.1, 0.15) is 5.82 Å². The smallest absolute Gasteiger partial charge is 0.253 e. The van der Waals surface area contributed by atoms with Gasteiger partial charge in [0.15, 0.2) is 0 Å². The Labute approximate surface area is 158 Å². The molecule has 0 bridgehead atoms. The lowest BCUT2D eigenvalue weighted by Gasteiger charge is -2.08. The predicted octanol–water partition coefficient (Wildman–Crippen LogP) is 2.29. The van der Waals surface area contributed by atoms with E-state index in [2.05, 4.69) is 39.5 Å². The summed E-state index contributed by atoms with van der Waals surface area (Å²) in [7, 11) is 1.71. The highest BCUT2D eigenvalue weighted by Gasteiger charge is 2.22. The van der Waals surface area contributed by atoms with Gasteiger partial charge in [0.25, 0.3) is 5.91 Å². The van der Waals surface area contributed by atoms with E-state index < -0.39 is 0 Å². The zero-order chi connectivity index (χ0) is 18.6. The van der Waals surface area contributed by atoms with E-state index in [9.17, 15) is 4.79 Å². The second-order valence-electron chi connectivity index (χ2n) is 6.73. The van der Waals surface area contributed by atoms with Gasteiger partial charge < -0.3 is 19.9 Å². The van der Waals surface area contributed by atoms with Gasteiger partial charge in [0.2, 0.25) is 0 Å². The number of para-hydroxylation sites is 1. The molecule has 0 atom stereocenters. The van der Waals surface area contributed by atoms with Gasteiger partial charge in [-0.05, 0) is 29.7 Å². The van der Waals surface area contributed by atoms with Gasteiger partial charge in [0.05, 0.1) is 23.2 Å². The highest BCUT2D eigenvalue weighted by Crippen LogP contribution is 2.28. The average molecular weight is 364 g/mol. The van der Waals surface area contributed by atoms with Crippen molar-refractivity contribution in [2.75, 3.05) is 33.4 Å². The van der Waals surface area contributed by atoms with Crippen molar-refractivity contribution in [1.82, 2.24) is 20.2 Å². The van der Waals surface area contributed by atoms with Crippen molar-refractivity contribution in [3.8, 4) is 0 Å². The van der Waals surface area contributed by atoms with Gasteiger partial charge in [-0.15, -0.1) is 0 Å². The fourth-order valence-corrected chi connectivity index (χ4v) is 3.57. The number of carbonyl (C=O) groups is 1. The molecule has 0 unspecified atom stereocenters. The molecule has 140 valence electrons. The van der Waals surface area contributed by atoms with Crippen LogP contribution in [0.15, 0.2) is 48.1 Å². The summed E-state index contributed by atoms with van der Waals surface area (Å²) in [5.41, 5.74) is 4.90. The van der Waals surface area contributed by atoms with E-state index in [-0.39, 0.29) is 5.91 Å². The number of nitrogens with one attached hydrogen (secondary N) is 2. The number of hydrogen-bond acceptors (Lipinski definition) is 4. The molecular formula is C21H24N4O2. The zero-order valence-corrected chi connectivity index (χ0v) is 15.5. The van der Waals surface area contributed by atoms with Gasteiger partial charge in [-0.1, -0.05) is 30.4 Å². The van der Waals surface area contributed by atoms with Crippen LogP contribution < -0.4 is 10.6 Å². The van der Waals surface area contributed by atoms with E-state index in [4.69, 9.17) is 9.72 Å². The molecule has 1 amide bonds. The molecular weight excluding hydrogens is 340 g/mol. The predicted molar refractivity (Wildman–Crippen MR) is 107 cm³/mol. The van der Waals surface area contributed by atoms with Crippen molar-refractivity contribution in [1.29, 1.82) is 0 Å². The Kier molecular flexibility index (Phi) is 5.18. The molecule has 1 aromatic heterocycles. The molecule has 0 fully saturated rings. The summed E-state index contributed by atoms with van der Waals surface area (Å²) in [6.45, 7) is 3.68. The molecule has 4 rings (SSSR count). The first kappa shape index (κ1) is 17.7. The lowest BCUT2D eigenvalue weighted by atomic mass is 10.1. The number of hydrogen-bond donors (Lipinski definition) is 2. The van der Waals surface area contributed by atoms with Gasteiger partial charge in [-0.3, -0.25) is 4.79 Å². The number of amides is 1. The van der Waals surface area contributed by atoms with Gasteiger partial charge >= 0.3 is 0 Å². The Morgan fingerprint density at radius 2 is 2.26 bits per heavy atom. The number of carbonyl (C=O) groups excluding carboxylic acids is 1. The highest BCUT2D eigenvalue weighted by atomic mass is 16.5. The van der Waals surface area contributed by atoms with E-state index >= 15 is 0 Å². The molecule has 0 radical (unpaired) electrons. The van der Waals surface area contributed by atoms with Gasteiger partial charge in [0, 0.05) is 33.3 Å². The number of rotatable bonds is 6. The lowest BCUT2D eigenvalue weighted by Crippen LogP contribution is -2.24. The number of nitrogens with zero attached hydrogens (tertiary/aromatic N) is 2. The SMILES string of the molecule is COCCNCC1=CC=C(c2nc3cccc4c3n2CCNC4=O)CC=C1. The summed E-state index contributed by atoms with van der Waals surface area (Å²) < 4.78 is 7.24. The van der Waals surface area contributed by atoms with E-state index in [0.29, 0.717) is 18.7 Å². The minimum atomic E-state index is -0.0233. The van der Waals surface area contributed by atoms with Crippen LogP contribution in [0.25, 0.3) is 16.6 Å². The zero-order valence-electron chi connectivity index (χ0n) is 15.5. The van der Waals surface area contributed by atoms with Crippen LogP contribution in [0.3, 0.4) is 0 Å². The molecule has 6 heteroatoms. The number of allylic oxidation sites excluding steroid dienone is 4. The molecule has 2 aliphatic rings. The fourth-order valence-electron chi connectivity index (χ4n) is 3.57. The van der Waals surface area contributed by atoms with Crippen LogP contribution in [-0.4, -0.2) is 48.8 Å². The second kappa shape index (κ2) is 7.90. The summed E-state index contributed by atoms with van der Waals surface area (Å²) >= 11 is 0. The number of methoxy groups -OCH3 is 1. The Hall–Kier alpha value is -2.70. The summed E-state index contributed by atoms with van der Waals surface area (Å²) in [4.78, 5) is 17.2. The van der Waals surface area contributed by atoms with Crippen LogP contribution in [0.5, 0.6) is 0 Å². The quantitative estimate of drug-likeness (QED) is 0.772. The van der Waals surface area contributed by atoms with Crippen LogP contribution >= 0.6 is 0 Å². The third-order valence-corrected chi connectivity index (χ3v) is 4.90. The van der Waals surface area contributed by atoms with Crippen molar-refractivity contribution < 1.29 is 9.53 Å². The Morgan fingerprint density at radius 3 is 3.15 bits per heavy atom. The van der Waals surface area contributed by atoms with Crippen LogP contribution in [0, 0.1) is 0 Å².